The summed E-state index contributed by atoms with van der Waals surface area (Å²) in [7, 11) is 0. The van der Waals surface area contributed by atoms with E-state index in [2.05, 4.69) is 34.6 Å². The molecule has 0 amide bonds. The van der Waals surface area contributed by atoms with E-state index in [4.69, 9.17) is 0 Å². The Kier molecular flexibility index (Phi) is 2.70. The second-order valence-corrected chi connectivity index (χ2v) is 7.30. The predicted octanol–water partition coefficient (Wildman–Crippen LogP) is 4.00. The summed E-state index contributed by atoms with van der Waals surface area (Å²) in [5.41, 5.74) is -0.133. The Morgan fingerprint density at radius 2 is 1.94 bits per heavy atom. The first-order valence-electron chi connectivity index (χ1n) is 6.99. The van der Waals surface area contributed by atoms with E-state index in [1.54, 1.807) is 0 Å². The van der Waals surface area contributed by atoms with Gasteiger partial charge in [0.25, 0.3) is 0 Å². The fourth-order valence-corrected chi connectivity index (χ4v) is 4.51. The van der Waals surface area contributed by atoms with Gasteiger partial charge in [0.05, 0.1) is 5.60 Å². The van der Waals surface area contributed by atoms with E-state index in [1.165, 1.54) is 25.7 Å². The van der Waals surface area contributed by atoms with Crippen molar-refractivity contribution in [3.63, 3.8) is 0 Å². The lowest BCUT2D eigenvalue weighted by Crippen LogP contribution is -2.54. The Bertz CT molecular complexity index is 276. The third-order valence-corrected chi connectivity index (χ3v) is 6.17. The molecular weight excluding hydrogens is 196 g/mol. The Morgan fingerprint density at radius 1 is 1.31 bits per heavy atom. The second kappa shape index (κ2) is 3.48. The maximum absolute atomic E-state index is 11.3. The van der Waals surface area contributed by atoms with Gasteiger partial charge in [-0.25, -0.2) is 0 Å². The molecule has 0 spiro atoms. The molecule has 1 N–H and O–H groups in total. The lowest BCUT2D eigenvalue weighted by atomic mass is 9.57. The summed E-state index contributed by atoms with van der Waals surface area (Å²) >= 11 is 0. The van der Waals surface area contributed by atoms with Crippen LogP contribution in [0.25, 0.3) is 0 Å². The monoisotopic (exact) mass is 224 g/mol. The van der Waals surface area contributed by atoms with Crippen molar-refractivity contribution in [2.45, 2.75) is 72.3 Å². The standard InChI is InChI=1S/C15H28O/c1-6-11(2)9-15(16)13(3,4)12-7-8-14(15,5)10-12/h11-12,16H,6-10H2,1-5H3. The first kappa shape index (κ1) is 12.4. The van der Waals surface area contributed by atoms with Crippen LogP contribution in [0, 0.1) is 22.7 Å². The van der Waals surface area contributed by atoms with E-state index in [0.29, 0.717) is 5.92 Å². The summed E-state index contributed by atoms with van der Waals surface area (Å²) in [6, 6.07) is 0. The highest BCUT2D eigenvalue weighted by Crippen LogP contribution is 2.69. The topological polar surface area (TPSA) is 20.2 Å². The number of hydrogen-bond acceptors (Lipinski definition) is 1. The summed E-state index contributed by atoms with van der Waals surface area (Å²) in [5.74, 6) is 1.38. The van der Waals surface area contributed by atoms with Gasteiger partial charge in [0.1, 0.15) is 0 Å². The van der Waals surface area contributed by atoms with Gasteiger partial charge >= 0.3 is 0 Å². The normalized spacial score (nSPS) is 47.2. The molecule has 0 aromatic carbocycles. The molecule has 2 fully saturated rings. The maximum atomic E-state index is 11.3. The Balaban J connectivity index is 2.30. The molecule has 4 atom stereocenters. The number of fused-ring (bicyclic) bond motifs is 2. The maximum Gasteiger partial charge on any atom is 0.0756 e. The third-order valence-electron chi connectivity index (χ3n) is 6.17. The molecule has 0 heterocycles. The van der Waals surface area contributed by atoms with Crippen molar-refractivity contribution in [1.82, 2.24) is 0 Å². The zero-order valence-electron chi connectivity index (χ0n) is 11.6. The Labute approximate surface area is 101 Å². The van der Waals surface area contributed by atoms with Crippen molar-refractivity contribution >= 4 is 0 Å². The summed E-state index contributed by atoms with van der Waals surface area (Å²) in [6.45, 7) is 11.4. The molecule has 0 aliphatic heterocycles. The molecule has 1 nitrogen and oxygen atoms in total. The first-order chi connectivity index (χ1) is 7.27. The van der Waals surface area contributed by atoms with Crippen molar-refractivity contribution in [2.24, 2.45) is 22.7 Å². The van der Waals surface area contributed by atoms with Crippen LogP contribution in [-0.2, 0) is 0 Å². The highest BCUT2D eigenvalue weighted by molar-refractivity contribution is 5.18. The average molecular weight is 224 g/mol. The van der Waals surface area contributed by atoms with Gasteiger partial charge < -0.3 is 5.11 Å². The lowest BCUT2D eigenvalue weighted by Gasteiger charge is -2.52. The zero-order chi connectivity index (χ0) is 12.2. The molecule has 0 saturated heterocycles. The van der Waals surface area contributed by atoms with Crippen molar-refractivity contribution in [3.05, 3.63) is 0 Å². The molecule has 16 heavy (non-hydrogen) atoms. The third kappa shape index (κ3) is 1.33. The lowest BCUT2D eigenvalue weighted by molar-refractivity contribution is -0.154. The first-order valence-corrected chi connectivity index (χ1v) is 6.99. The SMILES string of the molecule is CCC(C)CC1(O)C2(C)CCC(C2)C1(C)C. The quantitative estimate of drug-likeness (QED) is 0.768. The smallest absolute Gasteiger partial charge is 0.0756 e. The average Bonchev–Trinajstić information content (AvgIpc) is 2.66. The van der Waals surface area contributed by atoms with Crippen LogP contribution in [-0.4, -0.2) is 10.7 Å². The molecule has 0 radical (unpaired) electrons. The summed E-state index contributed by atoms with van der Waals surface area (Å²) < 4.78 is 0. The van der Waals surface area contributed by atoms with Crippen molar-refractivity contribution < 1.29 is 5.11 Å². The van der Waals surface area contributed by atoms with Crippen LogP contribution in [0.5, 0.6) is 0 Å². The molecule has 1 heteroatoms. The van der Waals surface area contributed by atoms with Gasteiger partial charge in [-0.05, 0) is 48.3 Å². The molecule has 2 aliphatic carbocycles. The largest absolute Gasteiger partial charge is 0.389 e. The molecule has 2 saturated carbocycles. The zero-order valence-corrected chi connectivity index (χ0v) is 11.6. The highest BCUT2D eigenvalue weighted by atomic mass is 16.3. The van der Waals surface area contributed by atoms with E-state index < -0.39 is 5.60 Å². The summed E-state index contributed by atoms with van der Waals surface area (Å²) in [6.07, 6.45) is 5.97. The van der Waals surface area contributed by atoms with Gasteiger partial charge in [-0.2, -0.15) is 0 Å². The van der Waals surface area contributed by atoms with Crippen LogP contribution in [0.15, 0.2) is 0 Å². The van der Waals surface area contributed by atoms with Gasteiger partial charge in [-0.3, -0.25) is 0 Å². The van der Waals surface area contributed by atoms with Crippen molar-refractivity contribution in [3.8, 4) is 0 Å². The van der Waals surface area contributed by atoms with Gasteiger partial charge in [0.2, 0.25) is 0 Å². The van der Waals surface area contributed by atoms with E-state index >= 15 is 0 Å². The van der Waals surface area contributed by atoms with Crippen LogP contribution in [0.4, 0.5) is 0 Å². The van der Waals surface area contributed by atoms with E-state index in [-0.39, 0.29) is 10.8 Å². The van der Waals surface area contributed by atoms with Crippen LogP contribution in [0.3, 0.4) is 0 Å². The highest BCUT2D eigenvalue weighted by Gasteiger charge is 2.67. The summed E-state index contributed by atoms with van der Waals surface area (Å²) in [4.78, 5) is 0. The van der Waals surface area contributed by atoms with Gasteiger partial charge in [-0.1, -0.05) is 41.0 Å². The Hall–Kier alpha value is -0.0400. The molecule has 0 aromatic rings. The van der Waals surface area contributed by atoms with Crippen LogP contribution >= 0.6 is 0 Å². The fourth-order valence-electron chi connectivity index (χ4n) is 4.51. The van der Waals surface area contributed by atoms with Crippen LogP contribution in [0.1, 0.15) is 66.7 Å². The van der Waals surface area contributed by atoms with Gasteiger partial charge in [0.15, 0.2) is 0 Å². The minimum Gasteiger partial charge on any atom is -0.389 e. The number of rotatable bonds is 3. The van der Waals surface area contributed by atoms with Crippen LogP contribution < -0.4 is 0 Å². The van der Waals surface area contributed by atoms with Gasteiger partial charge in [-0.15, -0.1) is 0 Å². The van der Waals surface area contributed by atoms with E-state index in [0.717, 1.165) is 12.3 Å². The minimum atomic E-state index is -0.432. The molecule has 0 aromatic heterocycles. The second-order valence-electron chi connectivity index (χ2n) is 7.30. The summed E-state index contributed by atoms with van der Waals surface area (Å²) in [5, 5.41) is 11.3. The number of aliphatic hydroxyl groups is 1. The van der Waals surface area contributed by atoms with Gasteiger partial charge in [0, 0.05) is 0 Å². The Morgan fingerprint density at radius 3 is 2.38 bits per heavy atom. The van der Waals surface area contributed by atoms with Crippen LogP contribution in [0.2, 0.25) is 0 Å². The molecule has 2 bridgehead atoms. The van der Waals surface area contributed by atoms with E-state index in [9.17, 15) is 5.11 Å². The molecule has 2 rings (SSSR count). The van der Waals surface area contributed by atoms with E-state index in [1.807, 2.05) is 0 Å². The molecule has 2 aliphatic rings. The minimum absolute atomic E-state index is 0.115. The molecular formula is C15H28O. The number of hydrogen-bond donors (Lipinski definition) is 1. The predicted molar refractivity (Wildman–Crippen MR) is 68.3 cm³/mol. The molecule has 4 unspecified atom stereocenters. The van der Waals surface area contributed by atoms with Crippen molar-refractivity contribution in [2.75, 3.05) is 0 Å². The van der Waals surface area contributed by atoms with Crippen molar-refractivity contribution in [1.29, 1.82) is 0 Å². The fraction of sp³-hybridized carbons (Fsp3) is 1.00. The molecule has 94 valence electrons.